The van der Waals surface area contributed by atoms with Crippen LogP contribution in [0.1, 0.15) is 24.1 Å². The zero-order valence-corrected chi connectivity index (χ0v) is 15.1. The molecule has 0 bridgehead atoms. The van der Waals surface area contributed by atoms with Gasteiger partial charge in [0.15, 0.2) is 6.61 Å². The van der Waals surface area contributed by atoms with Crippen molar-refractivity contribution in [3.63, 3.8) is 0 Å². The van der Waals surface area contributed by atoms with E-state index in [0.29, 0.717) is 5.56 Å². The topological polar surface area (TPSA) is 55.4 Å². The Labute approximate surface area is 153 Å². The molecule has 0 saturated carbocycles. The number of halogens is 2. The third-order valence-electron chi connectivity index (χ3n) is 3.37. The molecule has 0 saturated heterocycles. The second kappa shape index (κ2) is 9.13. The maximum Gasteiger partial charge on any atom is 0.331 e. The monoisotopic (exact) mass is 405 g/mol. The minimum absolute atomic E-state index is 0.200. The minimum atomic E-state index is -0.643. The van der Waals surface area contributed by atoms with Gasteiger partial charge < -0.3 is 10.1 Å². The molecule has 0 unspecified atom stereocenters. The molecule has 0 aliphatic carbocycles. The van der Waals surface area contributed by atoms with Crippen molar-refractivity contribution in [1.29, 1.82) is 0 Å². The van der Waals surface area contributed by atoms with Gasteiger partial charge in [0.1, 0.15) is 5.82 Å². The molecule has 1 atom stereocenters. The maximum atomic E-state index is 12.8. The molecule has 0 spiro atoms. The fourth-order valence-corrected chi connectivity index (χ4v) is 2.31. The Morgan fingerprint density at radius 2 is 1.80 bits per heavy atom. The van der Waals surface area contributed by atoms with Gasteiger partial charge in [-0.3, -0.25) is 4.79 Å². The summed E-state index contributed by atoms with van der Waals surface area (Å²) in [7, 11) is 0. The summed E-state index contributed by atoms with van der Waals surface area (Å²) in [6.45, 7) is 1.48. The van der Waals surface area contributed by atoms with E-state index in [4.69, 9.17) is 4.74 Å². The summed E-state index contributed by atoms with van der Waals surface area (Å²) < 4.78 is 18.6. The van der Waals surface area contributed by atoms with E-state index in [0.717, 1.165) is 10.0 Å². The van der Waals surface area contributed by atoms with Crippen LogP contribution in [0.5, 0.6) is 0 Å². The highest BCUT2D eigenvalue weighted by Gasteiger charge is 2.11. The first-order valence-corrected chi connectivity index (χ1v) is 8.38. The van der Waals surface area contributed by atoms with Gasteiger partial charge in [-0.25, -0.2) is 9.18 Å². The van der Waals surface area contributed by atoms with Crippen LogP contribution in [0.3, 0.4) is 0 Å². The van der Waals surface area contributed by atoms with Crippen molar-refractivity contribution in [2.24, 2.45) is 0 Å². The first kappa shape index (κ1) is 18.9. The highest BCUT2D eigenvalue weighted by Crippen LogP contribution is 2.16. The van der Waals surface area contributed by atoms with E-state index in [-0.39, 0.29) is 24.4 Å². The molecule has 0 aromatic heterocycles. The van der Waals surface area contributed by atoms with Crippen LogP contribution in [0, 0.1) is 5.82 Å². The van der Waals surface area contributed by atoms with E-state index in [1.165, 1.54) is 36.4 Å². The van der Waals surface area contributed by atoms with E-state index in [1.807, 2.05) is 31.2 Å². The van der Waals surface area contributed by atoms with Crippen molar-refractivity contribution in [1.82, 2.24) is 5.32 Å². The van der Waals surface area contributed by atoms with Crippen LogP contribution in [0.15, 0.2) is 59.1 Å². The lowest BCUT2D eigenvalue weighted by molar-refractivity contribution is -0.144. The van der Waals surface area contributed by atoms with Crippen LogP contribution in [0.2, 0.25) is 0 Å². The molecule has 25 heavy (non-hydrogen) atoms. The van der Waals surface area contributed by atoms with Crippen LogP contribution < -0.4 is 5.32 Å². The summed E-state index contributed by atoms with van der Waals surface area (Å²) in [6, 6.07) is 13.0. The highest BCUT2D eigenvalue weighted by atomic mass is 79.9. The zero-order valence-electron chi connectivity index (χ0n) is 13.5. The van der Waals surface area contributed by atoms with Crippen molar-refractivity contribution in [2.75, 3.05) is 6.61 Å². The van der Waals surface area contributed by atoms with Gasteiger partial charge in [-0.15, -0.1) is 0 Å². The number of amides is 1. The van der Waals surface area contributed by atoms with Gasteiger partial charge in [-0.1, -0.05) is 40.2 Å². The summed E-state index contributed by atoms with van der Waals surface area (Å²) >= 11 is 3.35. The predicted molar refractivity (Wildman–Crippen MR) is 97.1 cm³/mol. The van der Waals surface area contributed by atoms with E-state index in [9.17, 15) is 14.0 Å². The van der Waals surface area contributed by atoms with Gasteiger partial charge in [0.05, 0.1) is 6.04 Å². The van der Waals surface area contributed by atoms with Crippen molar-refractivity contribution in [3.8, 4) is 0 Å². The van der Waals surface area contributed by atoms with Crippen LogP contribution in [0.4, 0.5) is 4.39 Å². The number of rotatable bonds is 6. The number of carbonyl (C=O) groups excluding carboxylic acids is 2. The van der Waals surface area contributed by atoms with Gasteiger partial charge in [0, 0.05) is 10.5 Å². The van der Waals surface area contributed by atoms with E-state index >= 15 is 0 Å². The van der Waals surface area contributed by atoms with Gasteiger partial charge in [0.2, 0.25) is 0 Å². The Balaban J connectivity index is 1.77. The van der Waals surface area contributed by atoms with Gasteiger partial charge in [-0.05, 0) is 48.4 Å². The molecule has 2 aromatic carbocycles. The van der Waals surface area contributed by atoms with Gasteiger partial charge in [0.25, 0.3) is 5.91 Å². The van der Waals surface area contributed by atoms with Crippen molar-refractivity contribution >= 4 is 33.9 Å². The molecule has 2 rings (SSSR count). The van der Waals surface area contributed by atoms with Crippen LogP contribution >= 0.6 is 15.9 Å². The first-order chi connectivity index (χ1) is 11.9. The standard InChI is InChI=1S/C19H17BrFNO3/c1-13(15-5-7-16(20)8-6-15)22-18(23)12-25-19(24)11-4-14-2-9-17(21)10-3-14/h2-11,13H,12H2,1H3,(H,22,23)/b11-4+/t13-/m0/s1. The molecular formula is C19H17BrFNO3. The average molecular weight is 406 g/mol. The van der Waals surface area contributed by atoms with Crippen molar-refractivity contribution in [2.45, 2.75) is 13.0 Å². The summed E-state index contributed by atoms with van der Waals surface area (Å²) in [5.41, 5.74) is 1.60. The third-order valence-corrected chi connectivity index (χ3v) is 3.90. The second-order valence-electron chi connectivity index (χ2n) is 5.33. The quantitative estimate of drug-likeness (QED) is 0.583. The van der Waals surface area contributed by atoms with E-state index in [2.05, 4.69) is 21.2 Å². The van der Waals surface area contributed by atoms with E-state index < -0.39 is 5.97 Å². The summed E-state index contributed by atoms with van der Waals surface area (Å²) in [5, 5.41) is 2.75. The SMILES string of the molecule is C[C@H](NC(=O)COC(=O)/C=C/c1ccc(F)cc1)c1ccc(Br)cc1. The number of hydrogen-bond acceptors (Lipinski definition) is 3. The summed E-state index contributed by atoms with van der Waals surface area (Å²) in [4.78, 5) is 23.5. The lowest BCUT2D eigenvalue weighted by atomic mass is 10.1. The molecule has 6 heteroatoms. The number of hydrogen-bond donors (Lipinski definition) is 1. The third kappa shape index (κ3) is 6.51. The molecule has 0 aliphatic rings. The second-order valence-corrected chi connectivity index (χ2v) is 6.25. The van der Waals surface area contributed by atoms with E-state index in [1.54, 1.807) is 0 Å². The lowest BCUT2D eigenvalue weighted by Gasteiger charge is -2.14. The van der Waals surface area contributed by atoms with Gasteiger partial charge >= 0.3 is 5.97 Å². The van der Waals surface area contributed by atoms with Crippen molar-refractivity contribution < 1.29 is 18.7 Å². The molecule has 0 aliphatic heterocycles. The van der Waals surface area contributed by atoms with Gasteiger partial charge in [-0.2, -0.15) is 0 Å². The maximum absolute atomic E-state index is 12.8. The Hall–Kier alpha value is -2.47. The van der Waals surface area contributed by atoms with Crippen molar-refractivity contribution in [3.05, 3.63) is 76.0 Å². The summed E-state index contributed by atoms with van der Waals surface area (Å²) in [5.74, 6) is -1.38. The number of ether oxygens (including phenoxy) is 1. The minimum Gasteiger partial charge on any atom is -0.452 e. The molecule has 1 amide bonds. The smallest absolute Gasteiger partial charge is 0.331 e. The lowest BCUT2D eigenvalue weighted by Crippen LogP contribution is -2.30. The largest absolute Gasteiger partial charge is 0.452 e. The predicted octanol–water partition coefficient (Wildman–Crippen LogP) is 4.02. The molecule has 4 nitrogen and oxygen atoms in total. The Bertz CT molecular complexity index is 757. The zero-order chi connectivity index (χ0) is 18.2. The molecule has 0 heterocycles. The molecule has 0 fully saturated rings. The molecule has 0 radical (unpaired) electrons. The molecule has 1 N–H and O–H groups in total. The number of benzene rings is 2. The normalized spacial score (nSPS) is 12.0. The molecule has 2 aromatic rings. The Morgan fingerprint density at radius 3 is 2.44 bits per heavy atom. The fraction of sp³-hybridized carbons (Fsp3) is 0.158. The molecular weight excluding hydrogens is 389 g/mol. The fourth-order valence-electron chi connectivity index (χ4n) is 2.04. The number of esters is 1. The Kier molecular flexibility index (Phi) is 6.89. The Morgan fingerprint density at radius 1 is 1.16 bits per heavy atom. The number of nitrogens with one attached hydrogen (secondary N) is 1. The molecule has 130 valence electrons. The highest BCUT2D eigenvalue weighted by molar-refractivity contribution is 9.10. The van der Waals surface area contributed by atoms with Crippen LogP contribution in [0.25, 0.3) is 6.08 Å². The van der Waals surface area contributed by atoms with Crippen LogP contribution in [-0.4, -0.2) is 18.5 Å². The first-order valence-electron chi connectivity index (χ1n) is 7.59. The number of carbonyl (C=O) groups is 2. The van der Waals surface area contributed by atoms with Crippen LogP contribution in [-0.2, 0) is 14.3 Å². The summed E-state index contributed by atoms with van der Waals surface area (Å²) in [6.07, 6.45) is 2.68. The average Bonchev–Trinajstić information content (AvgIpc) is 2.60.